The van der Waals surface area contributed by atoms with Crippen LogP contribution in [0.1, 0.15) is 47.4 Å². The molecule has 0 unspecified atom stereocenters. The molecule has 0 bridgehead atoms. The van der Waals surface area contributed by atoms with Gasteiger partial charge >= 0.3 is 0 Å². The molecule has 1 aromatic carbocycles. The number of likely N-dealkylation sites (tertiary alicyclic amines) is 1. The van der Waals surface area contributed by atoms with Gasteiger partial charge in [0.1, 0.15) is 11.6 Å². The molecule has 0 N–H and O–H groups in total. The standard InChI is InChI=1S/C23H24N4O2/c1-15-23(16(2)29-26-15)20-14-19(24-17(3)25-20)21-10-7-13-27(21)22(28)12-11-18-8-5-4-6-9-18/h4-6,8-9,11-12,14,21H,7,10,13H2,1-3H3/b12-11+/t21-/m1/s1. The quantitative estimate of drug-likeness (QED) is 0.618. The van der Waals surface area contributed by atoms with Gasteiger partial charge in [-0.2, -0.15) is 0 Å². The molecule has 1 atom stereocenters. The number of carbonyl (C=O) groups excluding carboxylic acids is 1. The van der Waals surface area contributed by atoms with Crippen molar-refractivity contribution in [2.24, 2.45) is 0 Å². The summed E-state index contributed by atoms with van der Waals surface area (Å²) in [4.78, 5) is 24.0. The second-order valence-electron chi connectivity index (χ2n) is 7.36. The maximum absolute atomic E-state index is 12.9. The van der Waals surface area contributed by atoms with Gasteiger partial charge in [0.15, 0.2) is 0 Å². The second-order valence-corrected chi connectivity index (χ2v) is 7.36. The molecule has 0 aliphatic carbocycles. The van der Waals surface area contributed by atoms with Gasteiger partial charge < -0.3 is 9.42 Å². The summed E-state index contributed by atoms with van der Waals surface area (Å²) in [5, 5.41) is 4.04. The zero-order chi connectivity index (χ0) is 20.4. The number of carbonyl (C=O) groups is 1. The van der Waals surface area contributed by atoms with Crippen LogP contribution in [-0.4, -0.2) is 32.5 Å². The number of amides is 1. The highest BCUT2D eigenvalue weighted by molar-refractivity contribution is 5.92. The Morgan fingerprint density at radius 2 is 1.97 bits per heavy atom. The number of hydrogen-bond acceptors (Lipinski definition) is 5. The summed E-state index contributed by atoms with van der Waals surface area (Å²) in [5.74, 6) is 1.42. The van der Waals surface area contributed by atoms with Crippen molar-refractivity contribution in [2.45, 2.75) is 39.7 Å². The van der Waals surface area contributed by atoms with Crippen LogP contribution in [0.3, 0.4) is 0 Å². The van der Waals surface area contributed by atoms with Crippen LogP contribution in [0, 0.1) is 20.8 Å². The van der Waals surface area contributed by atoms with E-state index in [0.29, 0.717) is 5.82 Å². The van der Waals surface area contributed by atoms with E-state index >= 15 is 0 Å². The van der Waals surface area contributed by atoms with Gasteiger partial charge in [-0.05, 0) is 51.3 Å². The van der Waals surface area contributed by atoms with Crippen LogP contribution < -0.4 is 0 Å². The number of rotatable bonds is 4. The Hall–Kier alpha value is -3.28. The molecule has 1 amide bonds. The molecule has 0 radical (unpaired) electrons. The predicted octanol–water partition coefficient (Wildman–Crippen LogP) is 4.43. The largest absolute Gasteiger partial charge is 0.361 e. The van der Waals surface area contributed by atoms with E-state index in [-0.39, 0.29) is 11.9 Å². The fourth-order valence-corrected chi connectivity index (χ4v) is 3.90. The van der Waals surface area contributed by atoms with Gasteiger partial charge in [0, 0.05) is 12.6 Å². The molecule has 148 valence electrons. The van der Waals surface area contributed by atoms with E-state index in [1.165, 1.54) is 0 Å². The van der Waals surface area contributed by atoms with Gasteiger partial charge in [-0.15, -0.1) is 0 Å². The van der Waals surface area contributed by atoms with Crippen LogP contribution in [0.15, 0.2) is 47.0 Å². The topological polar surface area (TPSA) is 72.1 Å². The molecule has 1 aliphatic rings. The first kappa shape index (κ1) is 19.1. The van der Waals surface area contributed by atoms with Crippen molar-refractivity contribution in [3.8, 4) is 11.3 Å². The van der Waals surface area contributed by atoms with Gasteiger partial charge in [0.05, 0.1) is 28.7 Å². The zero-order valence-electron chi connectivity index (χ0n) is 16.9. The highest BCUT2D eigenvalue weighted by Crippen LogP contribution is 2.34. The average Bonchev–Trinajstić information content (AvgIpc) is 3.33. The van der Waals surface area contributed by atoms with E-state index < -0.39 is 0 Å². The average molecular weight is 388 g/mol. The van der Waals surface area contributed by atoms with Crippen LogP contribution in [0.2, 0.25) is 0 Å². The summed E-state index contributed by atoms with van der Waals surface area (Å²) in [6.07, 6.45) is 5.36. The molecule has 1 fully saturated rings. The first-order valence-electron chi connectivity index (χ1n) is 9.85. The van der Waals surface area contributed by atoms with Crippen molar-refractivity contribution in [1.82, 2.24) is 20.0 Å². The number of benzene rings is 1. The summed E-state index contributed by atoms with van der Waals surface area (Å²) >= 11 is 0. The first-order valence-corrected chi connectivity index (χ1v) is 9.85. The van der Waals surface area contributed by atoms with Crippen molar-refractivity contribution >= 4 is 12.0 Å². The van der Waals surface area contributed by atoms with Crippen molar-refractivity contribution in [3.63, 3.8) is 0 Å². The SMILES string of the molecule is Cc1nc(-c2c(C)noc2C)cc([C@H]2CCCN2C(=O)/C=C/c2ccccc2)n1. The molecule has 3 aromatic rings. The molecule has 2 aromatic heterocycles. The monoisotopic (exact) mass is 388 g/mol. The Morgan fingerprint density at radius 1 is 1.17 bits per heavy atom. The number of aromatic nitrogens is 3. The summed E-state index contributed by atoms with van der Waals surface area (Å²) in [6.45, 7) is 6.39. The third-order valence-corrected chi connectivity index (χ3v) is 5.24. The molecule has 1 aliphatic heterocycles. The Bertz CT molecular complexity index is 1040. The molecule has 0 saturated carbocycles. The summed E-state index contributed by atoms with van der Waals surface area (Å²) in [6, 6.07) is 11.8. The fraction of sp³-hybridized carbons (Fsp3) is 0.304. The smallest absolute Gasteiger partial charge is 0.247 e. The van der Waals surface area contributed by atoms with Gasteiger partial charge in [0.2, 0.25) is 5.91 Å². The van der Waals surface area contributed by atoms with E-state index in [1.54, 1.807) is 6.08 Å². The van der Waals surface area contributed by atoms with Crippen LogP contribution >= 0.6 is 0 Å². The van der Waals surface area contributed by atoms with Crippen molar-refractivity contribution in [3.05, 3.63) is 71.0 Å². The molecule has 4 rings (SSSR count). The predicted molar refractivity (Wildman–Crippen MR) is 111 cm³/mol. The van der Waals surface area contributed by atoms with Crippen molar-refractivity contribution in [2.75, 3.05) is 6.54 Å². The van der Waals surface area contributed by atoms with Crippen LogP contribution in [-0.2, 0) is 4.79 Å². The molecule has 3 heterocycles. The van der Waals surface area contributed by atoms with E-state index in [1.807, 2.05) is 68.1 Å². The third kappa shape index (κ3) is 3.97. The minimum atomic E-state index is -0.0520. The fourth-order valence-electron chi connectivity index (χ4n) is 3.90. The maximum atomic E-state index is 12.9. The van der Waals surface area contributed by atoms with Crippen LogP contribution in [0.4, 0.5) is 0 Å². The second kappa shape index (κ2) is 7.99. The summed E-state index contributed by atoms with van der Waals surface area (Å²) < 4.78 is 5.30. The highest BCUT2D eigenvalue weighted by atomic mass is 16.5. The van der Waals surface area contributed by atoms with E-state index in [0.717, 1.165) is 53.4 Å². The lowest BCUT2D eigenvalue weighted by Gasteiger charge is -2.23. The lowest BCUT2D eigenvalue weighted by Crippen LogP contribution is -2.29. The molecule has 6 heteroatoms. The lowest BCUT2D eigenvalue weighted by atomic mass is 10.1. The van der Waals surface area contributed by atoms with E-state index in [2.05, 4.69) is 15.1 Å². The molecule has 1 saturated heterocycles. The van der Waals surface area contributed by atoms with Crippen molar-refractivity contribution in [1.29, 1.82) is 0 Å². The zero-order valence-corrected chi connectivity index (χ0v) is 16.9. The number of nitrogens with zero attached hydrogens (tertiary/aromatic N) is 4. The first-order chi connectivity index (χ1) is 14.0. The van der Waals surface area contributed by atoms with Gasteiger partial charge in [-0.1, -0.05) is 35.5 Å². The highest BCUT2D eigenvalue weighted by Gasteiger charge is 2.30. The minimum absolute atomic E-state index is 0.00603. The molecule has 29 heavy (non-hydrogen) atoms. The lowest BCUT2D eigenvalue weighted by molar-refractivity contribution is -0.126. The molecule has 0 spiro atoms. The number of aryl methyl sites for hydroxylation is 3. The van der Waals surface area contributed by atoms with E-state index in [4.69, 9.17) is 4.52 Å². The Kier molecular flexibility index (Phi) is 5.25. The Morgan fingerprint density at radius 3 is 2.69 bits per heavy atom. The normalized spacial score (nSPS) is 16.7. The van der Waals surface area contributed by atoms with Crippen LogP contribution in [0.5, 0.6) is 0 Å². The van der Waals surface area contributed by atoms with E-state index in [9.17, 15) is 4.79 Å². The van der Waals surface area contributed by atoms with Gasteiger partial charge in [0.25, 0.3) is 0 Å². The van der Waals surface area contributed by atoms with Crippen LogP contribution in [0.25, 0.3) is 17.3 Å². The summed E-state index contributed by atoms with van der Waals surface area (Å²) in [5.41, 5.74) is 4.37. The molecule has 6 nitrogen and oxygen atoms in total. The maximum Gasteiger partial charge on any atom is 0.247 e. The third-order valence-electron chi connectivity index (χ3n) is 5.24. The van der Waals surface area contributed by atoms with Gasteiger partial charge in [-0.3, -0.25) is 4.79 Å². The molecular weight excluding hydrogens is 364 g/mol. The minimum Gasteiger partial charge on any atom is -0.361 e. The van der Waals surface area contributed by atoms with Gasteiger partial charge in [-0.25, -0.2) is 9.97 Å². The number of hydrogen-bond donors (Lipinski definition) is 0. The Balaban J connectivity index is 1.62. The Labute approximate surface area is 170 Å². The molecular formula is C23H24N4O2. The summed E-state index contributed by atoms with van der Waals surface area (Å²) in [7, 11) is 0. The van der Waals surface area contributed by atoms with Crippen molar-refractivity contribution < 1.29 is 9.32 Å².